The van der Waals surface area contributed by atoms with E-state index in [0.29, 0.717) is 5.02 Å². The molecule has 0 amide bonds. The first-order chi connectivity index (χ1) is 9.24. The fraction of sp³-hybridized carbons (Fsp3) is 0.0667. The summed E-state index contributed by atoms with van der Waals surface area (Å²) < 4.78 is 0. The first kappa shape index (κ1) is 11.9. The number of H-pyrrole nitrogens is 1. The van der Waals surface area contributed by atoms with Crippen molar-refractivity contribution in [2.24, 2.45) is 0 Å². The van der Waals surface area contributed by atoms with E-state index in [2.05, 4.69) is 15.2 Å². The summed E-state index contributed by atoms with van der Waals surface area (Å²) in [6.07, 6.45) is 3.63. The van der Waals surface area contributed by atoms with Crippen LogP contribution in [0.1, 0.15) is 5.69 Å². The van der Waals surface area contributed by atoms with Gasteiger partial charge < -0.3 is 0 Å². The number of hydrogen-bond acceptors (Lipinski definition) is 2. The van der Waals surface area contributed by atoms with E-state index in [9.17, 15) is 0 Å². The van der Waals surface area contributed by atoms with Gasteiger partial charge in [0.25, 0.3) is 0 Å². The maximum absolute atomic E-state index is 6.04. The van der Waals surface area contributed by atoms with Crippen molar-refractivity contribution in [2.45, 2.75) is 6.92 Å². The standard InChI is InChI=1S/C15H12ClN3/c1-10-7-11(5-6-17-10)14-9-18-19-15(14)12-3-2-4-13(16)8-12/h2-9H,1H3,(H,18,19). The molecule has 0 atom stereocenters. The van der Waals surface area contributed by atoms with Crippen LogP contribution in [0.15, 0.2) is 48.8 Å². The minimum Gasteiger partial charge on any atom is -0.277 e. The molecule has 3 rings (SSSR count). The van der Waals surface area contributed by atoms with Gasteiger partial charge in [0.1, 0.15) is 0 Å². The van der Waals surface area contributed by atoms with E-state index < -0.39 is 0 Å². The van der Waals surface area contributed by atoms with E-state index in [-0.39, 0.29) is 0 Å². The lowest BCUT2D eigenvalue weighted by molar-refractivity contribution is 1.10. The smallest absolute Gasteiger partial charge is 0.0729 e. The first-order valence-electron chi connectivity index (χ1n) is 5.96. The molecule has 2 aromatic heterocycles. The van der Waals surface area contributed by atoms with Crippen LogP contribution in [-0.2, 0) is 0 Å². The van der Waals surface area contributed by atoms with Gasteiger partial charge in [-0.3, -0.25) is 10.1 Å². The van der Waals surface area contributed by atoms with Crippen LogP contribution in [0, 0.1) is 6.92 Å². The van der Waals surface area contributed by atoms with Gasteiger partial charge in [-0.1, -0.05) is 23.7 Å². The summed E-state index contributed by atoms with van der Waals surface area (Å²) in [5.41, 5.74) is 5.11. The molecule has 1 aromatic carbocycles. The van der Waals surface area contributed by atoms with Crippen LogP contribution in [-0.4, -0.2) is 15.2 Å². The Balaban J connectivity index is 2.13. The average Bonchev–Trinajstić information content (AvgIpc) is 2.88. The Labute approximate surface area is 116 Å². The Morgan fingerprint density at radius 3 is 2.79 bits per heavy atom. The molecule has 0 fully saturated rings. The molecule has 3 nitrogen and oxygen atoms in total. The minimum atomic E-state index is 0.712. The summed E-state index contributed by atoms with van der Waals surface area (Å²) in [5, 5.41) is 7.90. The summed E-state index contributed by atoms with van der Waals surface area (Å²) in [5.74, 6) is 0. The summed E-state index contributed by atoms with van der Waals surface area (Å²) >= 11 is 6.04. The number of nitrogens with one attached hydrogen (secondary N) is 1. The molecule has 0 saturated carbocycles. The van der Waals surface area contributed by atoms with Crippen LogP contribution in [0.2, 0.25) is 5.02 Å². The van der Waals surface area contributed by atoms with Crippen LogP contribution in [0.5, 0.6) is 0 Å². The molecule has 0 saturated heterocycles. The van der Waals surface area contributed by atoms with Crippen molar-refractivity contribution in [1.29, 1.82) is 0 Å². The van der Waals surface area contributed by atoms with Gasteiger partial charge in [0.05, 0.1) is 11.9 Å². The number of aromatic amines is 1. The maximum atomic E-state index is 6.04. The lowest BCUT2D eigenvalue weighted by Gasteiger charge is -2.04. The fourth-order valence-electron chi connectivity index (χ4n) is 2.08. The van der Waals surface area contributed by atoms with Gasteiger partial charge >= 0.3 is 0 Å². The van der Waals surface area contributed by atoms with Crippen molar-refractivity contribution in [3.05, 3.63) is 59.5 Å². The van der Waals surface area contributed by atoms with Gasteiger partial charge in [-0.25, -0.2) is 0 Å². The Bertz CT molecular complexity index is 659. The van der Waals surface area contributed by atoms with Gasteiger partial charge in [-0.15, -0.1) is 0 Å². The summed E-state index contributed by atoms with van der Waals surface area (Å²) in [4.78, 5) is 4.21. The van der Waals surface area contributed by atoms with E-state index in [1.165, 1.54) is 0 Å². The number of pyridine rings is 1. The molecule has 0 radical (unpaired) electrons. The first-order valence-corrected chi connectivity index (χ1v) is 6.34. The second-order valence-corrected chi connectivity index (χ2v) is 4.79. The minimum absolute atomic E-state index is 0.712. The number of nitrogens with zero attached hydrogens (tertiary/aromatic N) is 2. The molecule has 94 valence electrons. The molecule has 19 heavy (non-hydrogen) atoms. The zero-order chi connectivity index (χ0) is 13.2. The molecule has 1 N–H and O–H groups in total. The Kier molecular flexibility index (Phi) is 3.05. The SMILES string of the molecule is Cc1cc(-c2cn[nH]c2-c2cccc(Cl)c2)ccn1. The lowest BCUT2D eigenvalue weighted by Crippen LogP contribution is -1.85. The lowest BCUT2D eigenvalue weighted by atomic mass is 10.0. The fourth-order valence-corrected chi connectivity index (χ4v) is 2.27. The number of aryl methyl sites for hydroxylation is 1. The predicted octanol–water partition coefficient (Wildman–Crippen LogP) is 4.10. The number of aromatic nitrogens is 3. The van der Waals surface area contributed by atoms with Crippen LogP contribution in [0.3, 0.4) is 0 Å². The monoisotopic (exact) mass is 269 g/mol. The van der Waals surface area contributed by atoms with E-state index in [4.69, 9.17) is 11.6 Å². The second kappa shape index (κ2) is 4.86. The Hall–Kier alpha value is -2.13. The summed E-state index contributed by atoms with van der Waals surface area (Å²) in [7, 11) is 0. The zero-order valence-electron chi connectivity index (χ0n) is 10.4. The van der Waals surface area contributed by atoms with E-state index in [1.807, 2.05) is 49.5 Å². The molecule has 0 unspecified atom stereocenters. The molecule has 0 aliphatic heterocycles. The van der Waals surface area contributed by atoms with E-state index >= 15 is 0 Å². The third-order valence-corrected chi connectivity index (χ3v) is 3.20. The van der Waals surface area contributed by atoms with Gasteiger partial charge in [0.2, 0.25) is 0 Å². The highest BCUT2D eigenvalue weighted by Crippen LogP contribution is 2.31. The molecule has 0 spiro atoms. The zero-order valence-corrected chi connectivity index (χ0v) is 11.1. The molecular formula is C15H12ClN3. The third-order valence-electron chi connectivity index (χ3n) is 2.96. The maximum Gasteiger partial charge on any atom is 0.0729 e. The van der Waals surface area contributed by atoms with E-state index in [1.54, 1.807) is 6.20 Å². The quantitative estimate of drug-likeness (QED) is 0.761. The van der Waals surface area contributed by atoms with Gasteiger partial charge in [0, 0.05) is 28.0 Å². The van der Waals surface area contributed by atoms with Crippen LogP contribution < -0.4 is 0 Å². The third kappa shape index (κ3) is 2.37. The second-order valence-electron chi connectivity index (χ2n) is 4.35. The Morgan fingerprint density at radius 2 is 2.00 bits per heavy atom. The van der Waals surface area contributed by atoms with Crippen LogP contribution >= 0.6 is 11.6 Å². The molecule has 0 bridgehead atoms. The van der Waals surface area contributed by atoms with Crippen molar-refractivity contribution in [3.63, 3.8) is 0 Å². The molecule has 0 aliphatic carbocycles. The average molecular weight is 270 g/mol. The highest BCUT2D eigenvalue weighted by molar-refractivity contribution is 6.30. The number of rotatable bonds is 2. The molecule has 0 aliphatic rings. The number of hydrogen-bond donors (Lipinski definition) is 1. The molecular weight excluding hydrogens is 258 g/mol. The van der Waals surface area contributed by atoms with Crippen molar-refractivity contribution in [1.82, 2.24) is 15.2 Å². The largest absolute Gasteiger partial charge is 0.277 e. The number of benzene rings is 1. The van der Waals surface area contributed by atoms with Crippen molar-refractivity contribution in [3.8, 4) is 22.4 Å². The molecule has 2 heterocycles. The van der Waals surface area contributed by atoms with Crippen LogP contribution in [0.4, 0.5) is 0 Å². The predicted molar refractivity (Wildman–Crippen MR) is 77.0 cm³/mol. The van der Waals surface area contributed by atoms with Gasteiger partial charge in [-0.2, -0.15) is 5.10 Å². The van der Waals surface area contributed by atoms with Crippen molar-refractivity contribution < 1.29 is 0 Å². The highest BCUT2D eigenvalue weighted by atomic mass is 35.5. The van der Waals surface area contributed by atoms with E-state index in [0.717, 1.165) is 28.1 Å². The normalized spacial score (nSPS) is 10.6. The summed E-state index contributed by atoms with van der Waals surface area (Å²) in [6, 6.07) is 11.7. The van der Waals surface area contributed by atoms with Gasteiger partial charge in [0.15, 0.2) is 0 Å². The molecule has 3 aromatic rings. The molecule has 4 heteroatoms. The van der Waals surface area contributed by atoms with Gasteiger partial charge in [-0.05, 0) is 36.8 Å². The highest BCUT2D eigenvalue weighted by Gasteiger charge is 2.10. The van der Waals surface area contributed by atoms with Crippen molar-refractivity contribution >= 4 is 11.6 Å². The van der Waals surface area contributed by atoms with Crippen LogP contribution in [0.25, 0.3) is 22.4 Å². The Morgan fingerprint density at radius 1 is 1.11 bits per heavy atom. The summed E-state index contributed by atoms with van der Waals surface area (Å²) in [6.45, 7) is 1.97. The topological polar surface area (TPSA) is 41.6 Å². The number of halogens is 1. The van der Waals surface area contributed by atoms with Crippen molar-refractivity contribution in [2.75, 3.05) is 0 Å².